The standard InChI is InChI=1S/C13H20ClN/c1-10-7-12(3)13(8-11(10)2)9-15(4)6-5-14/h7-8H,5-6,9H2,1-4H3. The van der Waals surface area contributed by atoms with Crippen molar-refractivity contribution in [1.29, 1.82) is 0 Å². The van der Waals surface area contributed by atoms with Gasteiger partial charge in [-0.2, -0.15) is 0 Å². The fourth-order valence-corrected chi connectivity index (χ4v) is 1.99. The average Bonchev–Trinajstić information content (AvgIpc) is 2.14. The van der Waals surface area contributed by atoms with Gasteiger partial charge in [-0.1, -0.05) is 12.1 Å². The molecule has 0 unspecified atom stereocenters. The second kappa shape index (κ2) is 5.53. The molecule has 0 aliphatic rings. The number of halogens is 1. The highest BCUT2D eigenvalue weighted by Gasteiger charge is 2.04. The average molecular weight is 226 g/mol. The third kappa shape index (κ3) is 3.51. The molecule has 1 rings (SSSR count). The van der Waals surface area contributed by atoms with Gasteiger partial charge in [-0.3, -0.25) is 0 Å². The van der Waals surface area contributed by atoms with Crippen molar-refractivity contribution in [3.63, 3.8) is 0 Å². The number of nitrogens with zero attached hydrogens (tertiary/aromatic N) is 1. The molecule has 15 heavy (non-hydrogen) atoms. The summed E-state index contributed by atoms with van der Waals surface area (Å²) in [4.78, 5) is 2.25. The molecular weight excluding hydrogens is 206 g/mol. The molecule has 0 bridgehead atoms. The Morgan fingerprint density at radius 1 is 1.07 bits per heavy atom. The van der Waals surface area contributed by atoms with Crippen molar-refractivity contribution in [2.24, 2.45) is 0 Å². The first-order chi connectivity index (χ1) is 7.04. The van der Waals surface area contributed by atoms with Crippen LogP contribution in [0.5, 0.6) is 0 Å². The molecule has 0 heterocycles. The van der Waals surface area contributed by atoms with Crippen LogP contribution in [0.15, 0.2) is 12.1 Å². The van der Waals surface area contributed by atoms with Crippen molar-refractivity contribution in [3.05, 3.63) is 34.4 Å². The van der Waals surface area contributed by atoms with Crippen LogP contribution in [0, 0.1) is 20.8 Å². The van der Waals surface area contributed by atoms with Crippen molar-refractivity contribution >= 4 is 11.6 Å². The predicted molar refractivity (Wildman–Crippen MR) is 67.7 cm³/mol. The van der Waals surface area contributed by atoms with Gasteiger partial charge in [0, 0.05) is 19.0 Å². The Labute approximate surface area is 98.0 Å². The minimum atomic E-state index is 0.695. The molecule has 1 nitrogen and oxygen atoms in total. The lowest BCUT2D eigenvalue weighted by atomic mass is 10.0. The van der Waals surface area contributed by atoms with Gasteiger partial charge in [0.2, 0.25) is 0 Å². The molecule has 2 heteroatoms. The van der Waals surface area contributed by atoms with Crippen LogP contribution >= 0.6 is 11.6 Å². The number of aryl methyl sites for hydroxylation is 3. The first-order valence-corrected chi connectivity index (χ1v) is 5.89. The van der Waals surface area contributed by atoms with Crippen LogP contribution in [0.3, 0.4) is 0 Å². The van der Waals surface area contributed by atoms with Crippen molar-refractivity contribution < 1.29 is 0 Å². The van der Waals surface area contributed by atoms with E-state index in [4.69, 9.17) is 11.6 Å². The summed E-state index contributed by atoms with van der Waals surface area (Å²) in [6.07, 6.45) is 0. The highest BCUT2D eigenvalue weighted by molar-refractivity contribution is 6.18. The van der Waals surface area contributed by atoms with Crippen LogP contribution in [0.2, 0.25) is 0 Å². The maximum absolute atomic E-state index is 5.72. The third-order valence-corrected chi connectivity index (χ3v) is 3.03. The lowest BCUT2D eigenvalue weighted by molar-refractivity contribution is 0.347. The van der Waals surface area contributed by atoms with E-state index in [0.717, 1.165) is 13.1 Å². The molecule has 84 valence electrons. The van der Waals surface area contributed by atoms with E-state index in [0.29, 0.717) is 5.88 Å². The van der Waals surface area contributed by atoms with Crippen LogP contribution in [0.4, 0.5) is 0 Å². The Morgan fingerprint density at radius 3 is 2.27 bits per heavy atom. The largest absolute Gasteiger partial charge is 0.301 e. The monoisotopic (exact) mass is 225 g/mol. The summed E-state index contributed by atoms with van der Waals surface area (Å²) in [5.41, 5.74) is 5.52. The maximum Gasteiger partial charge on any atom is 0.0351 e. The number of rotatable bonds is 4. The maximum atomic E-state index is 5.72. The first-order valence-electron chi connectivity index (χ1n) is 5.36. The number of hydrogen-bond donors (Lipinski definition) is 0. The van der Waals surface area contributed by atoms with Gasteiger partial charge in [-0.25, -0.2) is 0 Å². The highest BCUT2D eigenvalue weighted by atomic mass is 35.5. The third-order valence-electron chi connectivity index (χ3n) is 2.86. The highest BCUT2D eigenvalue weighted by Crippen LogP contribution is 2.16. The van der Waals surface area contributed by atoms with E-state index >= 15 is 0 Å². The Morgan fingerprint density at radius 2 is 1.67 bits per heavy atom. The zero-order valence-electron chi connectivity index (χ0n) is 10.1. The Kier molecular flexibility index (Phi) is 4.62. The molecule has 0 fully saturated rings. The summed E-state index contributed by atoms with van der Waals surface area (Å²) < 4.78 is 0. The van der Waals surface area contributed by atoms with Gasteiger partial charge >= 0.3 is 0 Å². The van der Waals surface area contributed by atoms with Gasteiger partial charge in [0.15, 0.2) is 0 Å². The van der Waals surface area contributed by atoms with Crippen LogP contribution in [-0.4, -0.2) is 24.4 Å². The van der Waals surface area contributed by atoms with Crippen LogP contribution in [0.25, 0.3) is 0 Å². The van der Waals surface area contributed by atoms with Gasteiger partial charge < -0.3 is 4.90 Å². The van der Waals surface area contributed by atoms with E-state index in [9.17, 15) is 0 Å². The van der Waals surface area contributed by atoms with Crippen molar-refractivity contribution in [3.8, 4) is 0 Å². The summed E-state index contributed by atoms with van der Waals surface area (Å²) in [5, 5.41) is 0. The quantitative estimate of drug-likeness (QED) is 0.711. The number of hydrogen-bond acceptors (Lipinski definition) is 1. The number of alkyl halides is 1. The Hall–Kier alpha value is -0.530. The lowest BCUT2D eigenvalue weighted by Crippen LogP contribution is -2.20. The van der Waals surface area contributed by atoms with Gasteiger partial charge in [-0.05, 0) is 50.1 Å². The Bertz CT molecular complexity index is 334. The van der Waals surface area contributed by atoms with E-state index in [1.807, 2.05) is 0 Å². The molecule has 0 aromatic heterocycles. The SMILES string of the molecule is Cc1cc(C)c(CN(C)CCCl)cc1C. The summed E-state index contributed by atoms with van der Waals surface area (Å²) in [5.74, 6) is 0.695. The molecular formula is C13H20ClN. The molecule has 0 saturated carbocycles. The minimum Gasteiger partial charge on any atom is -0.301 e. The van der Waals surface area contributed by atoms with Crippen molar-refractivity contribution in [2.75, 3.05) is 19.5 Å². The fourth-order valence-electron chi connectivity index (χ4n) is 1.70. The lowest BCUT2D eigenvalue weighted by Gasteiger charge is -2.17. The zero-order valence-corrected chi connectivity index (χ0v) is 10.9. The summed E-state index contributed by atoms with van der Waals surface area (Å²) in [7, 11) is 2.11. The van der Waals surface area contributed by atoms with Crippen LogP contribution in [0.1, 0.15) is 22.3 Å². The van der Waals surface area contributed by atoms with Gasteiger partial charge in [0.05, 0.1) is 0 Å². The van der Waals surface area contributed by atoms with Gasteiger partial charge in [0.25, 0.3) is 0 Å². The summed E-state index contributed by atoms with van der Waals surface area (Å²) in [6, 6.07) is 4.55. The Balaban J connectivity index is 2.81. The van der Waals surface area contributed by atoms with Gasteiger partial charge in [0.1, 0.15) is 0 Å². The summed E-state index contributed by atoms with van der Waals surface area (Å²) in [6.45, 7) is 8.43. The van der Waals surface area contributed by atoms with Crippen LogP contribution in [-0.2, 0) is 6.54 Å². The topological polar surface area (TPSA) is 3.24 Å². The normalized spacial score (nSPS) is 11.1. The van der Waals surface area contributed by atoms with Crippen molar-refractivity contribution in [2.45, 2.75) is 27.3 Å². The van der Waals surface area contributed by atoms with E-state index in [2.05, 4.69) is 44.9 Å². The van der Waals surface area contributed by atoms with Crippen LogP contribution < -0.4 is 0 Å². The molecule has 0 amide bonds. The van der Waals surface area contributed by atoms with E-state index in [1.165, 1.54) is 22.3 Å². The predicted octanol–water partition coefficient (Wildman–Crippen LogP) is 3.28. The zero-order chi connectivity index (χ0) is 11.4. The summed E-state index contributed by atoms with van der Waals surface area (Å²) >= 11 is 5.72. The van der Waals surface area contributed by atoms with Crippen molar-refractivity contribution in [1.82, 2.24) is 4.90 Å². The second-order valence-corrected chi connectivity index (χ2v) is 4.67. The van der Waals surface area contributed by atoms with E-state index < -0.39 is 0 Å². The molecule has 0 spiro atoms. The molecule has 0 atom stereocenters. The molecule has 0 aliphatic carbocycles. The molecule has 1 aromatic carbocycles. The first kappa shape index (κ1) is 12.5. The smallest absolute Gasteiger partial charge is 0.0351 e. The second-order valence-electron chi connectivity index (χ2n) is 4.29. The number of benzene rings is 1. The fraction of sp³-hybridized carbons (Fsp3) is 0.538. The molecule has 0 N–H and O–H groups in total. The van der Waals surface area contributed by atoms with Gasteiger partial charge in [-0.15, -0.1) is 11.6 Å². The molecule has 0 saturated heterocycles. The van der Waals surface area contributed by atoms with E-state index in [1.54, 1.807) is 0 Å². The van der Waals surface area contributed by atoms with E-state index in [-0.39, 0.29) is 0 Å². The minimum absolute atomic E-state index is 0.695. The molecule has 0 aliphatic heterocycles. The molecule has 0 radical (unpaired) electrons. The molecule has 1 aromatic rings.